The van der Waals surface area contributed by atoms with Crippen LogP contribution in [0.4, 0.5) is 0 Å². The van der Waals surface area contributed by atoms with Gasteiger partial charge >= 0.3 is 0 Å². The molecule has 0 bridgehead atoms. The van der Waals surface area contributed by atoms with E-state index in [4.69, 9.17) is 4.55 Å². The Labute approximate surface area is 94.5 Å². The van der Waals surface area contributed by atoms with E-state index in [2.05, 4.69) is 0 Å². The van der Waals surface area contributed by atoms with Crippen molar-refractivity contribution in [2.24, 2.45) is 0 Å². The second-order valence-electron chi connectivity index (χ2n) is 1.20. The second kappa shape index (κ2) is 4.21. The summed E-state index contributed by atoms with van der Waals surface area (Å²) < 4.78 is 28.2. The largest absolute Gasteiger partial charge is 0.285 e. The Kier molecular flexibility index (Phi) is 5.19. The smallest absolute Gasteiger partial charge is 0.278 e. The van der Waals surface area contributed by atoms with E-state index in [0.29, 0.717) is 0 Å². The third-order valence-corrected chi connectivity index (χ3v) is 9.14. The number of alkyl halides is 3. The van der Waals surface area contributed by atoms with E-state index in [1.54, 1.807) is 22.6 Å². The van der Waals surface area contributed by atoms with Gasteiger partial charge in [0.2, 0.25) is 0 Å². The van der Waals surface area contributed by atoms with E-state index in [1.807, 2.05) is 45.2 Å². The molecule has 0 heterocycles. The van der Waals surface area contributed by atoms with Crippen LogP contribution in [0.3, 0.4) is 0 Å². The molecule has 0 saturated heterocycles. The lowest BCUT2D eigenvalue weighted by molar-refractivity contribution is 0.483. The lowest BCUT2D eigenvalue weighted by Gasteiger charge is -2.05. The normalized spacial score (nSPS) is 16.1. The quantitative estimate of drug-likeness (QED) is 0.367. The van der Waals surface area contributed by atoms with Gasteiger partial charge in [-0.25, -0.2) is 0 Å². The Morgan fingerprint density at radius 2 is 1.56 bits per heavy atom. The molecule has 3 nitrogen and oxygen atoms in total. The molecule has 0 aromatic rings. The van der Waals surface area contributed by atoms with Gasteiger partial charge in [0.05, 0.1) is 1.93 Å². The lowest BCUT2D eigenvalue weighted by Crippen LogP contribution is -2.18. The van der Waals surface area contributed by atoms with Crippen LogP contribution in [0.5, 0.6) is 0 Å². The zero-order valence-corrected chi connectivity index (χ0v) is 11.2. The maximum Gasteiger partial charge on any atom is 0.278 e. The summed E-state index contributed by atoms with van der Waals surface area (Å²) in [5.41, 5.74) is 0. The topological polar surface area (TPSA) is 54.4 Å². The molecule has 9 heavy (non-hydrogen) atoms. The minimum absolute atomic E-state index is 0.101. The molecule has 1 atom stereocenters. The molecule has 0 aliphatic heterocycles. The second-order valence-corrected chi connectivity index (χ2v) is 9.99. The number of hydrogen-bond acceptors (Lipinski definition) is 2. The fraction of sp³-hybridized carbons (Fsp3) is 1.00. The van der Waals surface area contributed by atoms with Gasteiger partial charge < -0.3 is 0 Å². The molecule has 56 valence electrons. The summed E-state index contributed by atoms with van der Waals surface area (Å²) in [7, 11) is -3.83. The summed E-state index contributed by atoms with van der Waals surface area (Å²) in [6.07, 6.45) is 0. The standard InChI is InChI=1S/C2H3I3O3S/c3-1(4)2(5)9(6,7)8/h1-2H,(H,6,7,8). The molecule has 0 fully saturated rings. The third kappa shape index (κ3) is 4.53. The predicted molar refractivity (Wildman–Crippen MR) is 61.2 cm³/mol. The van der Waals surface area contributed by atoms with Crippen LogP contribution < -0.4 is 0 Å². The van der Waals surface area contributed by atoms with E-state index < -0.39 is 13.4 Å². The van der Waals surface area contributed by atoms with Crippen molar-refractivity contribution in [1.82, 2.24) is 0 Å². The molecule has 0 aliphatic rings. The first kappa shape index (κ1) is 11.1. The van der Waals surface area contributed by atoms with Crippen molar-refractivity contribution in [3.05, 3.63) is 0 Å². The van der Waals surface area contributed by atoms with Crippen molar-refractivity contribution in [1.29, 1.82) is 0 Å². The minimum Gasteiger partial charge on any atom is -0.285 e. The van der Waals surface area contributed by atoms with Gasteiger partial charge in [0, 0.05) is 0 Å². The molecular formula is C2H3I3O3S. The van der Waals surface area contributed by atoms with E-state index in [-0.39, 0.29) is 1.93 Å². The maximum absolute atomic E-state index is 10.3. The Hall–Kier alpha value is 2.10. The van der Waals surface area contributed by atoms with Gasteiger partial charge in [-0.05, 0) is 0 Å². The van der Waals surface area contributed by atoms with E-state index in [0.717, 1.165) is 0 Å². The molecule has 0 spiro atoms. The maximum atomic E-state index is 10.3. The molecule has 0 rings (SSSR count). The molecule has 0 saturated carbocycles. The summed E-state index contributed by atoms with van der Waals surface area (Å²) >= 11 is 5.55. The van der Waals surface area contributed by atoms with Crippen molar-refractivity contribution in [2.45, 2.75) is 5.19 Å². The van der Waals surface area contributed by atoms with Crippen molar-refractivity contribution in [2.75, 3.05) is 0 Å². The molecule has 0 amide bonds. The van der Waals surface area contributed by atoms with Gasteiger partial charge in [0.25, 0.3) is 10.1 Å². The average Bonchev–Trinajstić information content (AvgIpc) is 1.62. The summed E-state index contributed by atoms with van der Waals surface area (Å²) in [6, 6.07) is 0. The number of hydrogen-bond donors (Lipinski definition) is 1. The Bertz CT molecular complexity index is 173. The fourth-order valence-corrected chi connectivity index (χ4v) is 2.62. The molecule has 0 radical (unpaired) electrons. The summed E-state index contributed by atoms with van der Waals surface area (Å²) in [4.78, 5) is 0. The first-order chi connectivity index (χ1) is 3.85. The number of rotatable bonds is 2. The van der Waals surface area contributed by atoms with Gasteiger partial charge in [0.15, 0.2) is 3.26 Å². The molecule has 0 aliphatic carbocycles. The third-order valence-electron chi connectivity index (χ3n) is 0.483. The van der Waals surface area contributed by atoms with Crippen LogP contribution in [0, 0.1) is 0 Å². The SMILES string of the molecule is O=S(=O)(O)C(I)C(I)I. The van der Waals surface area contributed by atoms with Crippen LogP contribution >= 0.6 is 67.8 Å². The van der Waals surface area contributed by atoms with Crippen LogP contribution in [0.1, 0.15) is 0 Å². The van der Waals surface area contributed by atoms with Gasteiger partial charge in [0.1, 0.15) is 0 Å². The first-order valence-electron chi connectivity index (χ1n) is 1.74. The minimum atomic E-state index is -3.83. The van der Waals surface area contributed by atoms with Gasteiger partial charge in [-0.3, -0.25) is 4.55 Å². The monoisotopic (exact) mass is 488 g/mol. The van der Waals surface area contributed by atoms with Crippen molar-refractivity contribution < 1.29 is 13.0 Å². The molecule has 1 unspecified atom stereocenters. The highest BCUT2D eigenvalue weighted by atomic mass is 127. The van der Waals surface area contributed by atoms with E-state index in [1.165, 1.54) is 0 Å². The molecule has 0 aromatic carbocycles. The van der Waals surface area contributed by atoms with Crippen LogP contribution in [0.2, 0.25) is 0 Å². The summed E-state index contributed by atoms with van der Waals surface area (Å²) in [6.45, 7) is 0. The molecule has 7 heteroatoms. The zero-order chi connectivity index (χ0) is 7.65. The van der Waals surface area contributed by atoms with Crippen LogP contribution in [-0.2, 0) is 10.1 Å². The van der Waals surface area contributed by atoms with Crippen LogP contribution in [-0.4, -0.2) is 18.2 Å². The zero-order valence-electron chi connectivity index (χ0n) is 3.96. The fourth-order valence-electron chi connectivity index (χ4n) is 0.130. The predicted octanol–water partition coefficient (Wildman–Crippen LogP) is 1.83. The van der Waals surface area contributed by atoms with Crippen molar-refractivity contribution in [3.63, 3.8) is 0 Å². The first-order valence-corrected chi connectivity index (χ1v) is 6.98. The van der Waals surface area contributed by atoms with Gasteiger partial charge in [-0.15, -0.1) is 0 Å². The molecule has 0 aromatic heterocycles. The lowest BCUT2D eigenvalue weighted by atomic mass is 11.0. The summed E-state index contributed by atoms with van der Waals surface area (Å²) in [5.74, 6) is 0. The Balaban J connectivity index is 4.24. The number of halogens is 3. The van der Waals surface area contributed by atoms with Gasteiger partial charge in [-0.1, -0.05) is 67.8 Å². The molecule has 1 N–H and O–H groups in total. The van der Waals surface area contributed by atoms with Crippen molar-refractivity contribution >= 4 is 77.9 Å². The van der Waals surface area contributed by atoms with Crippen LogP contribution in [0.25, 0.3) is 0 Å². The van der Waals surface area contributed by atoms with E-state index in [9.17, 15) is 8.42 Å². The van der Waals surface area contributed by atoms with Gasteiger partial charge in [-0.2, -0.15) is 8.42 Å². The highest BCUT2D eigenvalue weighted by Crippen LogP contribution is 2.25. The molecular weight excluding hydrogens is 485 g/mol. The summed E-state index contributed by atoms with van der Waals surface area (Å²) in [5, 5.41) is 0. The van der Waals surface area contributed by atoms with E-state index >= 15 is 0 Å². The highest BCUT2D eigenvalue weighted by Gasteiger charge is 2.24. The average molecular weight is 488 g/mol. The highest BCUT2D eigenvalue weighted by molar-refractivity contribution is 14.2. The Morgan fingerprint density at radius 1 is 1.22 bits per heavy atom. The van der Waals surface area contributed by atoms with Crippen LogP contribution in [0.15, 0.2) is 0 Å². The Morgan fingerprint density at radius 3 is 1.56 bits per heavy atom. The van der Waals surface area contributed by atoms with Crippen molar-refractivity contribution in [3.8, 4) is 0 Å².